The number of phenols is 1. The summed E-state index contributed by atoms with van der Waals surface area (Å²) in [6, 6.07) is 17.9. The largest absolute Gasteiger partial charge is 0.507 e. The predicted molar refractivity (Wildman–Crippen MR) is 88.1 cm³/mol. The van der Waals surface area contributed by atoms with Crippen molar-refractivity contribution >= 4 is 17.9 Å². The lowest BCUT2D eigenvalue weighted by Crippen LogP contribution is -1.97. The van der Waals surface area contributed by atoms with E-state index in [1.54, 1.807) is 12.3 Å². The van der Waals surface area contributed by atoms with Crippen LogP contribution in [0.4, 0.5) is 5.69 Å². The fourth-order valence-electron chi connectivity index (χ4n) is 2.24. The molecule has 0 saturated heterocycles. The number of aromatic nitrogens is 1. The smallest absolute Gasteiger partial charge is 0.339 e. The van der Waals surface area contributed by atoms with Gasteiger partial charge >= 0.3 is 5.97 Å². The summed E-state index contributed by atoms with van der Waals surface area (Å²) in [7, 11) is 0. The van der Waals surface area contributed by atoms with E-state index in [9.17, 15) is 9.90 Å². The van der Waals surface area contributed by atoms with Crippen molar-refractivity contribution in [1.29, 1.82) is 0 Å². The average molecular weight is 306 g/mol. The summed E-state index contributed by atoms with van der Waals surface area (Å²) in [5.74, 6) is -1.46. The molecule has 5 nitrogen and oxygen atoms in total. The van der Waals surface area contributed by atoms with Gasteiger partial charge in [-0.05, 0) is 42.5 Å². The van der Waals surface area contributed by atoms with Crippen molar-refractivity contribution < 1.29 is 15.0 Å². The molecular weight excluding hydrogens is 292 g/mol. The van der Waals surface area contributed by atoms with Crippen LogP contribution in [-0.2, 0) is 0 Å². The molecule has 0 radical (unpaired) electrons. The number of aliphatic imine (C=N–C) groups is 1. The molecule has 0 fully saturated rings. The lowest BCUT2D eigenvalue weighted by Gasteiger charge is -2.05. The van der Waals surface area contributed by atoms with Gasteiger partial charge in [-0.3, -0.25) is 4.99 Å². The highest BCUT2D eigenvalue weighted by Gasteiger charge is 2.09. The van der Waals surface area contributed by atoms with E-state index in [1.807, 2.05) is 53.2 Å². The summed E-state index contributed by atoms with van der Waals surface area (Å²) >= 11 is 0. The molecule has 0 amide bonds. The summed E-state index contributed by atoms with van der Waals surface area (Å²) in [5.41, 5.74) is 2.16. The van der Waals surface area contributed by atoms with E-state index in [0.717, 1.165) is 11.4 Å². The van der Waals surface area contributed by atoms with Gasteiger partial charge in [-0.25, -0.2) is 4.79 Å². The van der Waals surface area contributed by atoms with Crippen LogP contribution in [0.2, 0.25) is 0 Å². The lowest BCUT2D eigenvalue weighted by molar-refractivity contribution is 0.0694. The number of hydrogen-bond donors (Lipinski definition) is 2. The molecule has 1 heterocycles. The number of carboxylic acids is 1. The maximum absolute atomic E-state index is 11.0. The highest BCUT2D eigenvalue weighted by atomic mass is 16.4. The molecule has 3 aromatic rings. The fraction of sp³-hybridized carbons (Fsp3) is 0. The van der Waals surface area contributed by atoms with Gasteiger partial charge in [-0.2, -0.15) is 0 Å². The third-order valence-corrected chi connectivity index (χ3v) is 3.37. The number of nitrogens with zero attached hydrogens (tertiary/aromatic N) is 2. The second-order valence-corrected chi connectivity index (χ2v) is 4.90. The summed E-state index contributed by atoms with van der Waals surface area (Å²) in [6.45, 7) is 0. The first-order valence-corrected chi connectivity index (χ1v) is 6.98. The monoisotopic (exact) mass is 306 g/mol. The Labute approximate surface area is 132 Å². The van der Waals surface area contributed by atoms with Crippen LogP contribution in [0.3, 0.4) is 0 Å². The van der Waals surface area contributed by atoms with Gasteiger partial charge in [0.05, 0.1) is 17.6 Å². The molecule has 0 atom stereocenters. The number of carbonyl (C=O) groups is 1. The van der Waals surface area contributed by atoms with Crippen LogP contribution in [0.15, 0.2) is 71.9 Å². The molecular formula is C18H14N2O3. The Morgan fingerprint density at radius 1 is 1.04 bits per heavy atom. The molecule has 0 bridgehead atoms. The van der Waals surface area contributed by atoms with Gasteiger partial charge in [0, 0.05) is 11.9 Å². The Morgan fingerprint density at radius 2 is 1.83 bits per heavy atom. The molecule has 0 aliphatic rings. The molecule has 5 heteroatoms. The van der Waals surface area contributed by atoms with Crippen LogP contribution in [0.5, 0.6) is 5.75 Å². The maximum atomic E-state index is 11.0. The van der Waals surface area contributed by atoms with Gasteiger partial charge in [0.2, 0.25) is 0 Å². The first kappa shape index (κ1) is 14.6. The fourth-order valence-corrected chi connectivity index (χ4v) is 2.24. The van der Waals surface area contributed by atoms with Crippen molar-refractivity contribution in [3.8, 4) is 11.4 Å². The summed E-state index contributed by atoms with van der Waals surface area (Å²) in [4.78, 5) is 15.3. The molecule has 2 N–H and O–H groups in total. The van der Waals surface area contributed by atoms with E-state index in [2.05, 4.69) is 4.99 Å². The second kappa shape index (κ2) is 6.19. The average Bonchev–Trinajstić information content (AvgIpc) is 3.03. The molecule has 0 aliphatic carbocycles. The standard InChI is InChI=1S/C18H14N2O3/c21-17-9-8-13(11-16(17)18(22)23)19-12-15-7-4-10-20(15)14-5-2-1-3-6-14/h1-12,21H,(H,22,23). The topological polar surface area (TPSA) is 74.8 Å². The van der Waals surface area contributed by atoms with Gasteiger partial charge in [-0.1, -0.05) is 18.2 Å². The maximum Gasteiger partial charge on any atom is 0.339 e. The Hall–Kier alpha value is -3.34. The number of hydrogen-bond acceptors (Lipinski definition) is 3. The van der Waals surface area contributed by atoms with Gasteiger partial charge < -0.3 is 14.8 Å². The molecule has 0 aliphatic heterocycles. The van der Waals surface area contributed by atoms with Gasteiger partial charge in [0.1, 0.15) is 11.3 Å². The van der Waals surface area contributed by atoms with Crippen LogP contribution in [0, 0.1) is 0 Å². The van der Waals surface area contributed by atoms with Crippen molar-refractivity contribution in [3.05, 3.63) is 78.1 Å². The van der Waals surface area contributed by atoms with Crippen LogP contribution in [-0.4, -0.2) is 27.0 Å². The molecule has 2 aromatic carbocycles. The lowest BCUT2D eigenvalue weighted by atomic mass is 10.2. The summed E-state index contributed by atoms with van der Waals surface area (Å²) < 4.78 is 1.97. The zero-order valence-corrected chi connectivity index (χ0v) is 12.1. The van der Waals surface area contributed by atoms with Gasteiger partial charge in [-0.15, -0.1) is 0 Å². The SMILES string of the molecule is O=C(O)c1cc(N=Cc2cccn2-c2ccccc2)ccc1O. The van der Waals surface area contributed by atoms with Crippen molar-refractivity contribution in [1.82, 2.24) is 4.57 Å². The molecule has 3 rings (SSSR count). The molecule has 114 valence electrons. The zero-order valence-electron chi connectivity index (χ0n) is 12.1. The second-order valence-electron chi connectivity index (χ2n) is 4.90. The van der Waals surface area contributed by atoms with Crippen LogP contribution >= 0.6 is 0 Å². The first-order chi connectivity index (χ1) is 11.1. The number of benzene rings is 2. The van der Waals surface area contributed by atoms with Crippen LogP contribution < -0.4 is 0 Å². The Balaban J connectivity index is 1.92. The summed E-state index contributed by atoms with van der Waals surface area (Å²) in [6.07, 6.45) is 3.58. The Morgan fingerprint density at radius 3 is 2.57 bits per heavy atom. The minimum Gasteiger partial charge on any atom is -0.507 e. The van der Waals surface area contributed by atoms with Gasteiger partial charge in [0.25, 0.3) is 0 Å². The Kier molecular flexibility index (Phi) is 3.93. The third kappa shape index (κ3) is 3.13. The van der Waals surface area contributed by atoms with Crippen molar-refractivity contribution in [2.75, 3.05) is 0 Å². The van der Waals surface area contributed by atoms with E-state index in [0.29, 0.717) is 5.69 Å². The van der Waals surface area contributed by atoms with E-state index in [4.69, 9.17) is 5.11 Å². The summed E-state index contributed by atoms with van der Waals surface area (Å²) in [5, 5.41) is 18.5. The molecule has 0 unspecified atom stereocenters. The number of aromatic hydroxyl groups is 1. The Bertz CT molecular complexity index is 867. The van der Waals surface area contributed by atoms with Crippen LogP contribution in [0.1, 0.15) is 16.1 Å². The normalized spacial score (nSPS) is 11.0. The predicted octanol–water partition coefficient (Wildman–Crippen LogP) is 3.63. The van der Waals surface area contributed by atoms with E-state index < -0.39 is 5.97 Å². The minimum absolute atomic E-state index is 0.168. The molecule has 0 saturated carbocycles. The number of para-hydroxylation sites is 1. The van der Waals surface area contributed by atoms with E-state index in [1.165, 1.54) is 12.1 Å². The third-order valence-electron chi connectivity index (χ3n) is 3.37. The number of rotatable bonds is 4. The molecule has 0 spiro atoms. The van der Waals surface area contributed by atoms with Crippen LogP contribution in [0.25, 0.3) is 5.69 Å². The molecule has 23 heavy (non-hydrogen) atoms. The van der Waals surface area contributed by atoms with E-state index in [-0.39, 0.29) is 11.3 Å². The van der Waals surface area contributed by atoms with Crippen molar-refractivity contribution in [2.45, 2.75) is 0 Å². The quantitative estimate of drug-likeness (QED) is 0.723. The first-order valence-electron chi connectivity index (χ1n) is 6.98. The minimum atomic E-state index is -1.19. The number of aromatic carboxylic acids is 1. The number of carboxylic acid groups (broad SMARTS) is 1. The highest BCUT2D eigenvalue weighted by Crippen LogP contribution is 2.23. The van der Waals surface area contributed by atoms with Crippen molar-refractivity contribution in [3.63, 3.8) is 0 Å². The molecule has 1 aromatic heterocycles. The van der Waals surface area contributed by atoms with Gasteiger partial charge in [0.15, 0.2) is 0 Å². The highest BCUT2D eigenvalue weighted by molar-refractivity contribution is 5.92. The van der Waals surface area contributed by atoms with Crippen molar-refractivity contribution in [2.24, 2.45) is 4.99 Å². The van der Waals surface area contributed by atoms with E-state index >= 15 is 0 Å². The zero-order chi connectivity index (χ0) is 16.2.